The second-order valence-electron chi connectivity index (χ2n) is 3.62. The van der Waals surface area contributed by atoms with Gasteiger partial charge in [-0.05, 0) is 25.1 Å². The Hall–Kier alpha value is -1.42. The highest BCUT2D eigenvalue weighted by atomic mass is 16.5. The van der Waals surface area contributed by atoms with E-state index >= 15 is 0 Å². The Kier molecular flexibility index (Phi) is 4.92. The maximum atomic E-state index is 11.3. The maximum Gasteiger partial charge on any atom is 0.307 e. The van der Waals surface area contributed by atoms with Crippen molar-refractivity contribution in [2.45, 2.75) is 26.3 Å². The minimum atomic E-state index is -0.216. The summed E-state index contributed by atoms with van der Waals surface area (Å²) in [5.41, 5.74) is 1.98. The highest BCUT2D eigenvalue weighted by Gasteiger charge is 2.15. The number of carbonyl (C=O) groups is 1. The molecular weight excluding hydrogens is 204 g/mol. The summed E-state index contributed by atoms with van der Waals surface area (Å²) in [7, 11) is 1.40. The van der Waals surface area contributed by atoms with Gasteiger partial charge in [0.2, 0.25) is 0 Å². The lowest BCUT2D eigenvalue weighted by Gasteiger charge is -2.16. The summed E-state index contributed by atoms with van der Waals surface area (Å²) in [5, 5.41) is 3.24. The lowest BCUT2D eigenvalue weighted by molar-refractivity contribution is -0.141. The fourth-order valence-electron chi connectivity index (χ4n) is 1.49. The van der Waals surface area contributed by atoms with Crippen molar-refractivity contribution < 1.29 is 9.53 Å². The third-order valence-corrected chi connectivity index (χ3v) is 2.39. The third-order valence-electron chi connectivity index (χ3n) is 2.39. The molecular formula is C12H18N2O2. The molecule has 1 heterocycles. The molecule has 88 valence electrons. The van der Waals surface area contributed by atoms with Gasteiger partial charge in [0.15, 0.2) is 0 Å². The Morgan fingerprint density at radius 1 is 1.56 bits per heavy atom. The van der Waals surface area contributed by atoms with E-state index in [4.69, 9.17) is 0 Å². The predicted molar refractivity (Wildman–Crippen MR) is 62.0 cm³/mol. The van der Waals surface area contributed by atoms with Crippen molar-refractivity contribution in [3.63, 3.8) is 0 Å². The molecule has 1 N–H and O–H groups in total. The molecule has 0 saturated carbocycles. The third kappa shape index (κ3) is 3.62. The van der Waals surface area contributed by atoms with E-state index in [1.807, 2.05) is 26.0 Å². The first-order chi connectivity index (χ1) is 7.67. The number of nitrogens with one attached hydrogen (secondary N) is 1. The van der Waals surface area contributed by atoms with E-state index in [0.717, 1.165) is 17.8 Å². The second-order valence-corrected chi connectivity index (χ2v) is 3.62. The highest BCUT2D eigenvalue weighted by molar-refractivity contribution is 5.70. The maximum absolute atomic E-state index is 11.3. The van der Waals surface area contributed by atoms with Crippen molar-refractivity contribution in [1.29, 1.82) is 0 Å². The standard InChI is InChI=1S/C12H18N2O2/c1-4-13-11(7-12(15)16-3)10-6-5-9(2)14-8-10/h5-6,8,11,13H,4,7H2,1-3H3. The van der Waals surface area contributed by atoms with Crippen LogP contribution in [0.5, 0.6) is 0 Å². The summed E-state index contributed by atoms with van der Waals surface area (Å²) < 4.78 is 4.67. The number of nitrogens with zero attached hydrogens (tertiary/aromatic N) is 1. The van der Waals surface area contributed by atoms with E-state index in [0.29, 0.717) is 6.42 Å². The second kappa shape index (κ2) is 6.23. The van der Waals surface area contributed by atoms with Gasteiger partial charge in [-0.25, -0.2) is 0 Å². The molecule has 0 fully saturated rings. The molecule has 16 heavy (non-hydrogen) atoms. The van der Waals surface area contributed by atoms with Crippen molar-refractivity contribution in [1.82, 2.24) is 10.3 Å². The van der Waals surface area contributed by atoms with Crippen molar-refractivity contribution >= 4 is 5.97 Å². The first kappa shape index (κ1) is 12.6. The molecule has 1 atom stereocenters. The predicted octanol–water partition coefficient (Wildman–Crippen LogP) is 1.60. The quantitative estimate of drug-likeness (QED) is 0.769. The zero-order chi connectivity index (χ0) is 12.0. The molecule has 1 aromatic rings. The fourth-order valence-corrected chi connectivity index (χ4v) is 1.49. The van der Waals surface area contributed by atoms with Crippen LogP contribution >= 0.6 is 0 Å². The molecule has 0 aromatic carbocycles. The van der Waals surface area contributed by atoms with Crippen LogP contribution in [0.1, 0.15) is 30.6 Å². The largest absolute Gasteiger partial charge is 0.469 e. The van der Waals surface area contributed by atoms with E-state index < -0.39 is 0 Å². The lowest BCUT2D eigenvalue weighted by atomic mass is 10.1. The zero-order valence-corrected chi connectivity index (χ0v) is 9.99. The molecule has 0 aliphatic heterocycles. The minimum absolute atomic E-state index is 0.0226. The Morgan fingerprint density at radius 3 is 2.81 bits per heavy atom. The summed E-state index contributed by atoms with van der Waals surface area (Å²) in [6.07, 6.45) is 2.13. The summed E-state index contributed by atoms with van der Waals surface area (Å²) in [6, 6.07) is 3.90. The minimum Gasteiger partial charge on any atom is -0.469 e. The van der Waals surface area contributed by atoms with Crippen LogP contribution in [-0.2, 0) is 9.53 Å². The number of carbonyl (C=O) groups excluding carboxylic acids is 1. The number of hydrogen-bond acceptors (Lipinski definition) is 4. The Bertz CT molecular complexity index is 335. The van der Waals surface area contributed by atoms with Gasteiger partial charge < -0.3 is 10.1 Å². The number of aromatic nitrogens is 1. The molecule has 4 nitrogen and oxygen atoms in total. The van der Waals surface area contributed by atoms with Crippen LogP contribution < -0.4 is 5.32 Å². The number of pyridine rings is 1. The number of aryl methyl sites for hydroxylation is 1. The molecule has 0 amide bonds. The molecule has 0 radical (unpaired) electrons. The van der Waals surface area contributed by atoms with Gasteiger partial charge in [-0.15, -0.1) is 0 Å². The van der Waals surface area contributed by atoms with Gasteiger partial charge in [-0.1, -0.05) is 13.0 Å². The molecule has 0 spiro atoms. The first-order valence-electron chi connectivity index (χ1n) is 5.40. The van der Waals surface area contributed by atoms with E-state index in [1.165, 1.54) is 7.11 Å². The van der Waals surface area contributed by atoms with E-state index in [1.54, 1.807) is 6.20 Å². The number of hydrogen-bond donors (Lipinski definition) is 1. The number of ether oxygens (including phenoxy) is 1. The van der Waals surface area contributed by atoms with Crippen LogP contribution in [0.4, 0.5) is 0 Å². The van der Waals surface area contributed by atoms with Gasteiger partial charge >= 0.3 is 5.97 Å². The van der Waals surface area contributed by atoms with Crippen LogP contribution in [0.2, 0.25) is 0 Å². The van der Waals surface area contributed by atoms with Crippen LogP contribution in [0, 0.1) is 6.92 Å². The van der Waals surface area contributed by atoms with Crippen LogP contribution in [0.3, 0.4) is 0 Å². The summed E-state index contributed by atoms with van der Waals surface area (Å²) >= 11 is 0. The van der Waals surface area contributed by atoms with Crippen LogP contribution in [0.15, 0.2) is 18.3 Å². The molecule has 0 bridgehead atoms. The van der Waals surface area contributed by atoms with Crippen LogP contribution in [-0.4, -0.2) is 24.6 Å². The number of esters is 1. The molecule has 1 aromatic heterocycles. The van der Waals surface area contributed by atoms with Crippen molar-refractivity contribution in [3.8, 4) is 0 Å². The molecule has 0 saturated heterocycles. The summed E-state index contributed by atoms with van der Waals surface area (Å²) in [6.45, 7) is 4.74. The average molecular weight is 222 g/mol. The SMILES string of the molecule is CCNC(CC(=O)OC)c1ccc(C)nc1. The van der Waals surface area contributed by atoms with Crippen molar-refractivity contribution in [2.24, 2.45) is 0 Å². The Balaban J connectivity index is 2.76. The molecule has 1 unspecified atom stereocenters. The van der Waals surface area contributed by atoms with E-state index in [-0.39, 0.29) is 12.0 Å². The first-order valence-corrected chi connectivity index (χ1v) is 5.40. The van der Waals surface area contributed by atoms with E-state index in [9.17, 15) is 4.79 Å². The average Bonchev–Trinajstić information content (AvgIpc) is 2.29. The summed E-state index contributed by atoms with van der Waals surface area (Å²) in [4.78, 5) is 15.5. The number of methoxy groups -OCH3 is 1. The topological polar surface area (TPSA) is 51.2 Å². The van der Waals surface area contributed by atoms with Gasteiger partial charge in [0.25, 0.3) is 0 Å². The van der Waals surface area contributed by atoms with Gasteiger partial charge in [0.1, 0.15) is 0 Å². The van der Waals surface area contributed by atoms with Gasteiger partial charge in [-0.2, -0.15) is 0 Å². The fraction of sp³-hybridized carbons (Fsp3) is 0.500. The monoisotopic (exact) mass is 222 g/mol. The van der Waals surface area contributed by atoms with Crippen molar-refractivity contribution in [3.05, 3.63) is 29.6 Å². The van der Waals surface area contributed by atoms with Crippen LogP contribution in [0.25, 0.3) is 0 Å². The van der Waals surface area contributed by atoms with Crippen molar-refractivity contribution in [2.75, 3.05) is 13.7 Å². The smallest absolute Gasteiger partial charge is 0.307 e. The Labute approximate surface area is 96.0 Å². The van der Waals surface area contributed by atoms with E-state index in [2.05, 4.69) is 15.0 Å². The molecule has 1 rings (SSSR count). The lowest BCUT2D eigenvalue weighted by Crippen LogP contribution is -2.24. The molecule has 0 aliphatic rings. The van der Waals surface area contributed by atoms with Gasteiger partial charge in [0, 0.05) is 17.9 Å². The Morgan fingerprint density at radius 2 is 2.31 bits per heavy atom. The normalized spacial score (nSPS) is 12.2. The molecule has 0 aliphatic carbocycles. The van der Waals surface area contributed by atoms with Gasteiger partial charge in [-0.3, -0.25) is 9.78 Å². The molecule has 4 heteroatoms. The zero-order valence-electron chi connectivity index (χ0n) is 9.99. The number of rotatable bonds is 5. The summed E-state index contributed by atoms with van der Waals surface area (Å²) in [5.74, 6) is -0.216. The van der Waals surface area contributed by atoms with Gasteiger partial charge in [0.05, 0.1) is 13.5 Å². The highest BCUT2D eigenvalue weighted by Crippen LogP contribution is 2.16.